The zero-order valence-corrected chi connectivity index (χ0v) is 12.8. The fourth-order valence-electron chi connectivity index (χ4n) is 3.42. The van der Waals surface area contributed by atoms with E-state index in [0.717, 1.165) is 31.0 Å². The lowest BCUT2D eigenvalue weighted by molar-refractivity contribution is -0.122. The van der Waals surface area contributed by atoms with Crippen molar-refractivity contribution in [3.63, 3.8) is 0 Å². The van der Waals surface area contributed by atoms with Gasteiger partial charge in [-0.05, 0) is 43.9 Å². The molecular weight excluding hydrogens is 268 g/mol. The molecule has 2 aliphatic rings. The Morgan fingerprint density at radius 3 is 3.00 bits per heavy atom. The summed E-state index contributed by atoms with van der Waals surface area (Å²) in [6.07, 6.45) is 9.80. The zero-order chi connectivity index (χ0) is 13.9. The molecule has 1 fully saturated rings. The monoisotopic (exact) mass is 290 g/mol. The minimum Gasteiger partial charge on any atom is -0.356 e. The maximum absolute atomic E-state index is 11.9. The van der Waals surface area contributed by atoms with E-state index in [1.54, 1.807) is 11.3 Å². The van der Waals surface area contributed by atoms with Crippen molar-refractivity contribution in [3.8, 4) is 0 Å². The van der Waals surface area contributed by atoms with E-state index in [4.69, 9.17) is 0 Å². The van der Waals surface area contributed by atoms with Gasteiger partial charge < -0.3 is 5.32 Å². The summed E-state index contributed by atoms with van der Waals surface area (Å²) in [6, 6.07) is 0. The van der Waals surface area contributed by atoms with Crippen LogP contribution in [-0.2, 0) is 11.2 Å². The van der Waals surface area contributed by atoms with Crippen molar-refractivity contribution in [2.75, 3.05) is 6.54 Å². The van der Waals surface area contributed by atoms with Crippen LogP contribution >= 0.6 is 11.3 Å². The van der Waals surface area contributed by atoms with Crippen molar-refractivity contribution in [2.45, 2.75) is 39.0 Å². The second-order valence-electron chi connectivity index (χ2n) is 6.08. The molecule has 3 atom stereocenters. The van der Waals surface area contributed by atoms with E-state index < -0.39 is 0 Å². The Hall–Kier alpha value is -1.16. The highest BCUT2D eigenvalue weighted by Crippen LogP contribution is 2.44. The minimum absolute atomic E-state index is 0.228. The number of hydrogen-bond acceptors (Lipinski definition) is 3. The van der Waals surface area contributed by atoms with E-state index in [0.29, 0.717) is 18.3 Å². The molecule has 3 nitrogen and oxygen atoms in total. The molecule has 0 spiro atoms. The molecule has 2 aliphatic carbocycles. The molecule has 1 saturated carbocycles. The Bertz CT molecular complexity index is 508. The van der Waals surface area contributed by atoms with Gasteiger partial charge in [-0.15, -0.1) is 11.3 Å². The maximum atomic E-state index is 11.9. The van der Waals surface area contributed by atoms with Crippen LogP contribution in [0.4, 0.5) is 0 Å². The van der Waals surface area contributed by atoms with Gasteiger partial charge in [-0.1, -0.05) is 12.2 Å². The van der Waals surface area contributed by atoms with Crippen molar-refractivity contribution in [1.82, 2.24) is 10.3 Å². The van der Waals surface area contributed by atoms with Crippen LogP contribution in [0.5, 0.6) is 0 Å². The summed E-state index contributed by atoms with van der Waals surface area (Å²) < 4.78 is 0. The van der Waals surface area contributed by atoms with Crippen LogP contribution in [0.15, 0.2) is 17.5 Å². The predicted octanol–water partition coefficient (Wildman–Crippen LogP) is 3.10. The van der Waals surface area contributed by atoms with Crippen LogP contribution in [0.2, 0.25) is 0 Å². The summed E-state index contributed by atoms with van der Waals surface area (Å²) in [7, 11) is 0. The van der Waals surface area contributed by atoms with Gasteiger partial charge in [0.1, 0.15) is 0 Å². The largest absolute Gasteiger partial charge is 0.356 e. The third kappa shape index (κ3) is 3.29. The lowest BCUT2D eigenvalue weighted by Crippen LogP contribution is -2.27. The highest BCUT2D eigenvalue weighted by atomic mass is 32.1. The molecule has 1 aromatic rings. The Balaban J connectivity index is 1.32. The number of aryl methyl sites for hydroxylation is 2. The van der Waals surface area contributed by atoms with E-state index in [-0.39, 0.29) is 5.91 Å². The van der Waals surface area contributed by atoms with Crippen molar-refractivity contribution in [2.24, 2.45) is 17.8 Å². The van der Waals surface area contributed by atoms with Crippen molar-refractivity contribution >= 4 is 17.2 Å². The third-order valence-corrected chi connectivity index (χ3v) is 5.45. The SMILES string of the molecule is Cc1csc(CCCNC(=O)C[C@@H]2C[C@@H]3C=C[C@H]2C3)n1. The maximum Gasteiger partial charge on any atom is 0.220 e. The molecule has 1 N–H and O–H groups in total. The number of carbonyl (C=O) groups is 1. The lowest BCUT2D eigenvalue weighted by atomic mass is 9.90. The Kier molecular flexibility index (Phi) is 4.20. The fourth-order valence-corrected chi connectivity index (χ4v) is 4.24. The highest BCUT2D eigenvalue weighted by molar-refractivity contribution is 7.09. The van der Waals surface area contributed by atoms with Crippen molar-refractivity contribution < 1.29 is 4.79 Å². The molecule has 2 bridgehead atoms. The molecule has 4 heteroatoms. The number of aromatic nitrogens is 1. The standard InChI is InChI=1S/C16H22N2OS/c1-11-10-20-16(18-11)3-2-6-17-15(19)9-14-8-12-4-5-13(14)7-12/h4-5,10,12-14H,2-3,6-9H2,1H3,(H,17,19)/t12-,13+,14+/m1/s1. The average Bonchev–Trinajstić information content (AvgIpc) is 3.11. The molecule has 108 valence electrons. The minimum atomic E-state index is 0.228. The molecule has 20 heavy (non-hydrogen) atoms. The predicted molar refractivity (Wildman–Crippen MR) is 81.6 cm³/mol. The number of rotatable bonds is 6. The first kappa shape index (κ1) is 13.8. The molecule has 0 saturated heterocycles. The quantitative estimate of drug-likeness (QED) is 0.646. The first-order valence-corrected chi connectivity index (χ1v) is 8.44. The van der Waals surface area contributed by atoms with E-state index in [9.17, 15) is 4.79 Å². The van der Waals surface area contributed by atoms with E-state index >= 15 is 0 Å². The van der Waals surface area contributed by atoms with Gasteiger partial charge in [0.05, 0.1) is 5.01 Å². The molecule has 0 aliphatic heterocycles. The van der Waals surface area contributed by atoms with Gasteiger partial charge in [-0.3, -0.25) is 4.79 Å². The van der Waals surface area contributed by atoms with Crippen LogP contribution in [0.1, 0.15) is 36.4 Å². The molecule has 0 unspecified atom stereocenters. The number of allylic oxidation sites excluding steroid dienone is 2. The molecule has 1 amide bonds. The third-order valence-electron chi connectivity index (χ3n) is 4.42. The fraction of sp³-hybridized carbons (Fsp3) is 0.625. The summed E-state index contributed by atoms with van der Waals surface area (Å²) in [5.41, 5.74) is 1.10. The van der Waals surface area contributed by atoms with Gasteiger partial charge in [0.25, 0.3) is 0 Å². The van der Waals surface area contributed by atoms with Gasteiger partial charge in [-0.25, -0.2) is 4.98 Å². The summed E-state index contributed by atoms with van der Waals surface area (Å²) in [5.74, 6) is 2.24. The van der Waals surface area contributed by atoms with Crippen LogP contribution in [-0.4, -0.2) is 17.4 Å². The molecular formula is C16H22N2OS. The smallest absolute Gasteiger partial charge is 0.220 e. The van der Waals surface area contributed by atoms with Gasteiger partial charge in [-0.2, -0.15) is 0 Å². The van der Waals surface area contributed by atoms with Gasteiger partial charge >= 0.3 is 0 Å². The Morgan fingerprint density at radius 1 is 1.45 bits per heavy atom. The Morgan fingerprint density at radius 2 is 2.35 bits per heavy atom. The number of nitrogens with one attached hydrogen (secondary N) is 1. The number of amides is 1. The first-order chi connectivity index (χ1) is 9.70. The van der Waals surface area contributed by atoms with Gasteiger partial charge in [0.2, 0.25) is 5.91 Å². The average molecular weight is 290 g/mol. The topological polar surface area (TPSA) is 42.0 Å². The summed E-state index contributed by atoms with van der Waals surface area (Å²) in [6.45, 7) is 2.79. The number of nitrogens with zero attached hydrogens (tertiary/aromatic N) is 1. The number of carbonyl (C=O) groups excluding carboxylic acids is 1. The second kappa shape index (κ2) is 6.08. The zero-order valence-electron chi connectivity index (χ0n) is 12.0. The van der Waals surface area contributed by atoms with Crippen molar-refractivity contribution in [3.05, 3.63) is 28.2 Å². The van der Waals surface area contributed by atoms with Crippen LogP contribution < -0.4 is 5.32 Å². The van der Waals surface area contributed by atoms with Crippen molar-refractivity contribution in [1.29, 1.82) is 0 Å². The molecule has 1 aromatic heterocycles. The molecule has 0 aromatic carbocycles. The van der Waals surface area contributed by atoms with Gasteiger partial charge in [0, 0.05) is 30.5 Å². The van der Waals surface area contributed by atoms with E-state index in [1.807, 2.05) is 6.92 Å². The summed E-state index contributed by atoms with van der Waals surface area (Å²) in [5, 5.41) is 6.32. The van der Waals surface area contributed by atoms with Crippen LogP contribution in [0.3, 0.4) is 0 Å². The second-order valence-corrected chi connectivity index (χ2v) is 7.02. The summed E-state index contributed by atoms with van der Waals surface area (Å²) in [4.78, 5) is 16.4. The highest BCUT2D eigenvalue weighted by Gasteiger charge is 2.36. The number of fused-ring (bicyclic) bond motifs is 2. The van der Waals surface area contributed by atoms with Gasteiger partial charge in [0.15, 0.2) is 0 Å². The molecule has 0 radical (unpaired) electrons. The first-order valence-electron chi connectivity index (χ1n) is 7.57. The lowest BCUT2D eigenvalue weighted by Gasteiger charge is -2.17. The molecule has 3 rings (SSSR count). The summed E-state index contributed by atoms with van der Waals surface area (Å²) >= 11 is 1.71. The Labute approximate surface area is 124 Å². The van der Waals surface area contributed by atoms with Crippen LogP contribution in [0.25, 0.3) is 0 Å². The number of hydrogen-bond donors (Lipinski definition) is 1. The molecule has 1 heterocycles. The normalized spacial score (nSPS) is 27.1. The van der Waals surface area contributed by atoms with E-state index in [2.05, 4.69) is 27.8 Å². The van der Waals surface area contributed by atoms with Crippen LogP contribution in [0, 0.1) is 24.7 Å². The van der Waals surface area contributed by atoms with E-state index in [1.165, 1.54) is 17.8 Å². The number of thiazole rings is 1.